The summed E-state index contributed by atoms with van der Waals surface area (Å²) >= 11 is 10.5. The number of aryl methyl sites for hydroxylation is 5. The summed E-state index contributed by atoms with van der Waals surface area (Å²) in [6.45, 7) is 13.1. The Bertz CT molecular complexity index is 5420. The van der Waals surface area contributed by atoms with Gasteiger partial charge >= 0.3 is 5.97 Å². The van der Waals surface area contributed by atoms with Crippen LogP contribution in [0.4, 0.5) is 28.4 Å². The molecule has 0 spiro atoms. The standard InChI is InChI=1S/C27H36N2O2S.C26H34N2O2S2.C24H30N2O2S.C22H25BrN2O2.C15H21NO3/c1-19(2)17-21(18-23(30)15-12-20-10-13-22(28)14-11-20)27(31)29-16-6-8-25(29)24-7-4-5-9-26(24)32-3;1-31-17-15-20(18-22(29)14-11-19-9-12-21(27)13-10-19)26(30)28-16-5-7-24(28)23-6-3-4-8-25(23)32-2;1-17(16-20(27)14-11-18-9-12-19(25)13-10-18)24(28)26-15-5-7-22(26)21-6-3-4-8-23(21)29-2;23-20-5-2-1-4-19(20)21-6-3-15-25(21)22(27)14-13-18(26)12-9-16-7-10-17(24)11-8-16;1-3-19-15(18)11(2)10-14(17)9-6-12-4-7-13(16)8-5-12/h4-5,7,9-11,13-14,19,21,25H,6,8,12,15-18,28H2,1-3H3;3-4,6,8-10,12-13,20,24H,5,7,11,14-18,27H2,1-2H3;3-4,6,8-10,12-13,17,22H,5,7,11,14-16,25H2,1-2H3;1-2,4-5,7-8,10-11,21H,3,6,9,12-15,24H2;4-5,7-8,11H,3,6,9-10,16H2,1-2H3/t;;;21-;/m...1./s1. The summed E-state index contributed by atoms with van der Waals surface area (Å²) in [6, 6.07) is 71.6. The number of carbonyl (C=O) groups is 10. The van der Waals surface area contributed by atoms with Crippen molar-refractivity contribution in [2.45, 2.75) is 240 Å². The Hall–Kier alpha value is -10.4. The quantitative estimate of drug-likeness (QED) is 0.0135. The highest BCUT2D eigenvalue weighted by molar-refractivity contribution is 9.10. The number of nitrogen functional groups attached to an aromatic ring is 5. The molecule has 8 atom stereocenters. The Kier molecular flexibility index (Phi) is 47.9. The van der Waals surface area contributed by atoms with Gasteiger partial charge in [-0.2, -0.15) is 11.8 Å². The van der Waals surface area contributed by atoms with E-state index in [1.165, 1.54) is 31.4 Å². The van der Waals surface area contributed by atoms with Gasteiger partial charge in [0.2, 0.25) is 23.6 Å². The minimum atomic E-state index is -0.362. The monoisotopic (exact) mass is 2020 g/mol. The number of rotatable bonds is 43. The van der Waals surface area contributed by atoms with Crippen molar-refractivity contribution in [2.75, 3.05) is 92.2 Å². The average molecular weight is 2030 g/mol. The third-order valence-corrected chi connectivity index (χ3v) is 30.0. The third kappa shape index (κ3) is 36.6. The molecule has 9 aromatic rings. The lowest BCUT2D eigenvalue weighted by Crippen LogP contribution is -2.37. The Morgan fingerprint density at radius 3 is 1.00 bits per heavy atom. The molecule has 0 aromatic heterocycles. The number of anilines is 5. The molecule has 9 aromatic carbocycles. The highest BCUT2D eigenvalue weighted by Crippen LogP contribution is 2.43. The van der Waals surface area contributed by atoms with E-state index in [-0.39, 0.29) is 113 Å². The van der Waals surface area contributed by atoms with Crippen molar-refractivity contribution in [2.24, 2.45) is 29.6 Å². The molecule has 4 aliphatic rings. The zero-order chi connectivity index (χ0) is 100. The molecule has 4 aliphatic heterocycles. The highest BCUT2D eigenvalue weighted by Gasteiger charge is 2.40. The number of nitrogens with zero attached hydrogens (tertiary/aromatic N) is 4. The number of halogens is 1. The lowest BCUT2D eigenvalue weighted by Gasteiger charge is -2.30. The van der Waals surface area contributed by atoms with Gasteiger partial charge in [0.05, 0.1) is 36.7 Å². The lowest BCUT2D eigenvalue weighted by molar-refractivity contribution is -0.149. The molecule has 20 nitrogen and oxygen atoms in total. The van der Waals surface area contributed by atoms with E-state index in [1.54, 1.807) is 60.9 Å². The molecule has 4 amide bonds. The Morgan fingerprint density at radius 2 is 0.655 bits per heavy atom. The summed E-state index contributed by atoms with van der Waals surface area (Å²) in [4.78, 5) is 138. The van der Waals surface area contributed by atoms with Crippen LogP contribution in [-0.2, 0) is 84.8 Å². The maximum atomic E-state index is 13.7. The second-order valence-corrected chi connectivity index (χ2v) is 41.5. The van der Waals surface area contributed by atoms with Gasteiger partial charge in [-0.05, 0) is 275 Å². The molecule has 0 radical (unpaired) electrons. The smallest absolute Gasteiger partial charge is 0.309 e. The number of ether oxygens (including phenoxy) is 1. The fourth-order valence-electron chi connectivity index (χ4n) is 18.6. The van der Waals surface area contributed by atoms with E-state index in [0.29, 0.717) is 115 Å². The molecule has 744 valence electrons. The molecule has 0 aliphatic carbocycles. The number of thioether (sulfide) groups is 4. The van der Waals surface area contributed by atoms with E-state index >= 15 is 0 Å². The maximum Gasteiger partial charge on any atom is 0.309 e. The van der Waals surface area contributed by atoms with Crippen molar-refractivity contribution in [1.82, 2.24) is 19.6 Å². The van der Waals surface area contributed by atoms with Crippen molar-refractivity contribution in [3.8, 4) is 0 Å². The topological polar surface area (TPSA) is 323 Å². The number of Topliss-reactive ketones (excluding diaryl/α,β-unsaturated/α-hetero) is 5. The summed E-state index contributed by atoms with van der Waals surface area (Å²) in [7, 11) is 0. The van der Waals surface area contributed by atoms with Crippen LogP contribution in [0.15, 0.2) is 238 Å². The van der Waals surface area contributed by atoms with Crippen molar-refractivity contribution in [3.63, 3.8) is 0 Å². The van der Waals surface area contributed by atoms with Crippen molar-refractivity contribution in [3.05, 3.63) is 273 Å². The number of benzene rings is 9. The minimum Gasteiger partial charge on any atom is -0.466 e. The molecule has 0 saturated carbocycles. The number of carbonyl (C=O) groups excluding carboxylic acids is 10. The zero-order valence-corrected chi connectivity index (χ0v) is 87.6. The van der Waals surface area contributed by atoms with E-state index in [4.69, 9.17) is 33.4 Å². The summed E-state index contributed by atoms with van der Waals surface area (Å²) in [6.07, 6.45) is 25.3. The van der Waals surface area contributed by atoms with Crippen LogP contribution in [0.5, 0.6) is 0 Å². The van der Waals surface area contributed by atoms with Gasteiger partial charge in [-0.3, -0.25) is 47.9 Å². The van der Waals surface area contributed by atoms with E-state index in [9.17, 15) is 47.9 Å². The lowest BCUT2D eigenvalue weighted by atomic mass is 9.89. The van der Waals surface area contributed by atoms with Crippen LogP contribution in [0.2, 0.25) is 0 Å². The molecular weight excluding hydrogens is 1880 g/mol. The molecule has 4 fully saturated rings. The molecule has 10 N–H and O–H groups in total. The van der Waals surface area contributed by atoms with Gasteiger partial charge < -0.3 is 53.0 Å². The van der Waals surface area contributed by atoms with E-state index in [2.05, 4.69) is 126 Å². The van der Waals surface area contributed by atoms with Crippen LogP contribution in [0.25, 0.3) is 0 Å². The van der Waals surface area contributed by atoms with Gasteiger partial charge in [0.1, 0.15) is 28.9 Å². The van der Waals surface area contributed by atoms with Crippen LogP contribution in [-0.4, -0.2) is 142 Å². The molecule has 139 heavy (non-hydrogen) atoms. The SMILES string of the molecule is CCOC(=O)C(C)CC(=O)CCc1ccc(N)cc1.CSCCC(CC(=O)CCc1ccc(N)cc1)C(=O)N1CCCC1c1ccccc1SC.CSc1ccccc1C1CCCN1C(=O)C(C)CC(=O)CCc1ccc(N)cc1.CSc1ccccc1C1CCCN1C(=O)C(CC(=O)CCc1ccc(N)cc1)CC(C)C.Nc1ccc(CCC(=O)CCC(=O)N2CCC[C@@H]2c2ccccc2Br)cc1. The molecule has 13 rings (SSSR count). The van der Waals surface area contributed by atoms with E-state index < -0.39 is 0 Å². The van der Waals surface area contributed by atoms with Crippen LogP contribution in [0.1, 0.15) is 244 Å². The summed E-state index contributed by atoms with van der Waals surface area (Å²) in [5, 5.41) is 0. The number of hydrogen-bond acceptors (Lipinski definition) is 20. The molecule has 25 heteroatoms. The van der Waals surface area contributed by atoms with Gasteiger partial charge in [-0.25, -0.2) is 0 Å². The first-order chi connectivity index (χ1) is 67.0. The van der Waals surface area contributed by atoms with Gasteiger partial charge in [-0.1, -0.05) is 177 Å². The second kappa shape index (κ2) is 59.3. The average Bonchev–Trinajstić information content (AvgIpc) is 1.71. The summed E-state index contributed by atoms with van der Waals surface area (Å²) in [5.41, 5.74) is 42.4. The van der Waals surface area contributed by atoms with Crippen LogP contribution in [0.3, 0.4) is 0 Å². The number of hydrogen-bond donors (Lipinski definition) is 5. The van der Waals surface area contributed by atoms with Crippen molar-refractivity contribution >= 4 is 150 Å². The molecule has 4 heterocycles. The van der Waals surface area contributed by atoms with Crippen molar-refractivity contribution in [1.29, 1.82) is 0 Å². The van der Waals surface area contributed by atoms with Gasteiger partial charge in [0.15, 0.2) is 0 Å². The van der Waals surface area contributed by atoms with Crippen molar-refractivity contribution < 1.29 is 52.7 Å². The fourth-order valence-corrected chi connectivity index (χ4v) is 21.7. The molecule has 4 saturated heterocycles. The number of likely N-dealkylation sites (tertiary alicyclic amines) is 4. The Morgan fingerprint density at radius 1 is 0.353 bits per heavy atom. The fraction of sp³-hybridized carbons (Fsp3) is 0.439. The molecular formula is C114H146BrN9O11S4. The van der Waals surface area contributed by atoms with Gasteiger partial charge in [0, 0.05) is 162 Å². The molecule has 7 unspecified atom stereocenters. The normalized spacial score (nSPS) is 16.2. The predicted octanol–water partition coefficient (Wildman–Crippen LogP) is 23.4. The third-order valence-electron chi connectivity index (χ3n) is 26.2. The first-order valence-electron chi connectivity index (χ1n) is 49.3. The first-order valence-corrected chi connectivity index (χ1v) is 55.1. The Labute approximate surface area is 851 Å². The number of amides is 4. The summed E-state index contributed by atoms with van der Waals surface area (Å²) < 4.78 is 5.91. The summed E-state index contributed by atoms with van der Waals surface area (Å²) in [5.74, 6) is 1.02. The second-order valence-electron chi connectivity index (χ2n) is 37.1. The largest absolute Gasteiger partial charge is 0.466 e. The predicted molar refractivity (Wildman–Crippen MR) is 577 cm³/mol. The Balaban J connectivity index is 0.000000196. The first kappa shape index (κ1) is 112. The maximum absolute atomic E-state index is 13.7. The minimum absolute atomic E-state index is 0.0779. The number of ketones is 5. The van der Waals surface area contributed by atoms with E-state index in [0.717, 1.165) is 157 Å². The van der Waals surface area contributed by atoms with Crippen LogP contribution >= 0.6 is 63.0 Å². The highest BCUT2D eigenvalue weighted by atomic mass is 79.9. The van der Waals surface area contributed by atoms with Gasteiger partial charge in [0.25, 0.3) is 0 Å². The number of nitrogens with two attached hydrogens (primary N) is 5. The van der Waals surface area contributed by atoms with Crippen LogP contribution < -0.4 is 28.7 Å². The molecule has 0 bridgehead atoms. The zero-order valence-electron chi connectivity index (χ0n) is 82.8. The van der Waals surface area contributed by atoms with Gasteiger partial charge in [-0.15, -0.1) is 35.3 Å². The van der Waals surface area contributed by atoms with Crippen LogP contribution in [0, 0.1) is 29.6 Å². The number of esters is 1. The van der Waals surface area contributed by atoms with E-state index in [1.807, 2.05) is 173 Å².